The molecule has 0 aliphatic rings. The molecule has 0 radical (unpaired) electrons. The van der Waals surface area contributed by atoms with Crippen LogP contribution >= 0.6 is 0 Å². The second-order valence-electron chi connectivity index (χ2n) is 5.41. The number of hydrogen-bond donors (Lipinski definition) is 1. The average Bonchev–Trinajstić information content (AvgIpc) is 2.23. The Morgan fingerprint density at radius 1 is 1.39 bits per heavy atom. The van der Waals surface area contributed by atoms with Crippen LogP contribution in [0.15, 0.2) is 15.8 Å². The Labute approximate surface area is 106 Å². The molecule has 0 aliphatic carbocycles. The molecule has 7 heteroatoms. The predicted octanol–water partition coefficient (Wildman–Crippen LogP) is 1.38. The monoisotopic (exact) mass is 274 g/mol. The molecule has 1 heterocycles. The lowest BCUT2D eigenvalue weighted by molar-refractivity contribution is 0.0732. The molecule has 1 rings (SSSR count). The van der Waals surface area contributed by atoms with Crippen LogP contribution in [0.2, 0.25) is 25.7 Å². The summed E-state index contributed by atoms with van der Waals surface area (Å²) >= 11 is 0. The highest BCUT2D eigenvalue weighted by molar-refractivity contribution is 6.76. The minimum absolute atomic E-state index is 0.0434. The fourth-order valence-electron chi connectivity index (χ4n) is 1.45. The van der Waals surface area contributed by atoms with E-state index in [1.54, 1.807) is 0 Å². The predicted molar refractivity (Wildman–Crippen MR) is 70.0 cm³/mol. The highest BCUT2D eigenvalue weighted by Crippen LogP contribution is 2.10. The fourth-order valence-corrected chi connectivity index (χ4v) is 2.65. The molecule has 0 aromatic carbocycles. The number of ether oxygens (including phenoxy) is 1. The summed E-state index contributed by atoms with van der Waals surface area (Å²) in [4.78, 5) is 24.0. The Bertz CT molecular complexity index is 504. The number of hydrogen-bond acceptors (Lipinski definition) is 3. The van der Waals surface area contributed by atoms with Crippen LogP contribution in [0.5, 0.6) is 0 Å². The van der Waals surface area contributed by atoms with Crippen LogP contribution in [-0.2, 0) is 11.5 Å². The number of nitrogens with zero attached hydrogens (tertiary/aromatic N) is 1. The lowest BCUT2D eigenvalue weighted by atomic mass is 10.5. The van der Waals surface area contributed by atoms with E-state index < -0.39 is 25.1 Å². The Morgan fingerprint density at radius 3 is 2.67 bits per heavy atom. The van der Waals surface area contributed by atoms with Gasteiger partial charge in [0.2, 0.25) is 5.82 Å². The van der Waals surface area contributed by atoms with Crippen LogP contribution in [0, 0.1) is 5.82 Å². The molecule has 1 aromatic rings. The van der Waals surface area contributed by atoms with Gasteiger partial charge in [-0.05, 0) is 6.42 Å². The Hall–Kier alpha value is -1.21. The molecule has 0 unspecified atom stereocenters. The summed E-state index contributed by atoms with van der Waals surface area (Å²) < 4.78 is 19.2. The highest BCUT2D eigenvalue weighted by Gasteiger charge is 2.11. The van der Waals surface area contributed by atoms with Gasteiger partial charge in [0.25, 0.3) is 5.56 Å². The van der Waals surface area contributed by atoms with Gasteiger partial charge in [-0.3, -0.25) is 14.3 Å². The minimum atomic E-state index is -1.07. The molecule has 0 spiro atoms. The van der Waals surface area contributed by atoms with Crippen molar-refractivity contribution in [1.29, 1.82) is 0 Å². The van der Waals surface area contributed by atoms with Crippen LogP contribution in [0.4, 0.5) is 4.39 Å². The van der Waals surface area contributed by atoms with Crippen molar-refractivity contribution < 1.29 is 9.13 Å². The Morgan fingerprint density at radius 2 is 2.06 bits per heavy atom. The third kappa shape index (κ3) is 4.97. The number of aromatic nitrogens is 2. The van der Waals surface area contributed by atoms with Crippen LogP contribution < -0.4 is 11.2 Å². The van der Waals surface area contributed by atoms with E-state index in [9.17, 15) is 14.0 Å². The smallest absolute Gasteiger partial charge is 0.330 e. The molecule has 1 N–H and O–H groups in total. The van der Waals surface area contributed by atoms with Crippen LogP contribution in [0.3, 0.4) is 0 Å². The van der Waals surface area contributed by atoms with E-state index in [-0.39, 0.29) is 6.73 Å². The fraction of sp³-hybridized carbons (Fsp3) is 0.636. The first-order chi connectivity index (χ1) is 8.29. The summed E-state index contributed by atoms with van der Waals surface area (Å²) in [7, 11) is -1.07. The molecule has 18 heavy (non-hydrogen) atoms. The molecule has 0 amide bonds. The molecule has 102 valence electrons. The van der Waals surface area contributed by atoms with Crippen LogP contribution in [0.1, 0.15) is 6.42 Å². The van der Waals surface area contributed by atoms with Gasteiger partial charge < -0.3 is 4.74 Å². The topological polar surface area (TPSA) is 64.1 Å². The SMILES string of the molecule is C[Si](C)(C)CCCOCn1cc(F)c(=O)[nH]c1=O. The van der Waals surface area contributed by atoms with Gasteiger partial charge in [-0.25, -0.2) is 4.79 Å². The number of nitrogens with one attached hydrogen (secondary N) is 1. The molecule has 1 aromatic heterocycles. The zero-order valence-corrected chi connectivity index (χ0v) is 12.0. The molecular formula is C11H19FN2O3Si. The highest BCUT2D eigenvalue weighted by atomic mass is 28.3. The number of halogens is 1. The minimum Gasteiger partial charge on any atom is -0.361 e. The quantitative estimate of drug-likeness (QED) is 0.629. The first-order valence-electron chi connectivity index (χ1n) is 5.86. The van der Waals surface area contributed by atoms with Crippen molar-refractivity contribution in [2.75, 3.05) is 6.61 Å². The largest absolute Gasteiger partial charge is 0.361 e. The van der Waals surface area contributed by atoms with Gasteiger partial charge in [-0.15, -0.1) is 0 Å². The molecule has 0 bridgehead atoms. The van der Waals surface area contributed by atoms with E-state index >= 15 is 0 Å². The molecule has 5 nitrogen and oxygen atoms in total. The zero-order valence-electron chi connectivity index (χ0n) is 11.0. The van der Waals surface area contributed by atoms with Gasteiger partial charge in [0.15, 0.2) is 0 Å². The maximum atomic E-state index is 12.9. The zero-order chi connectivity index (χ0) is 13.8. The van der Waals surface area contributed by atoms with E-state index in [4.69, 9.17) is 4.74 Å². The maximum Gasteiger partial charge on any atom is 0.330 e. The van der Waals surface area contributed by atoms with E-state index in [0.29, 0.717) is 6.61 Å². The summed E-state index contributed by atoms with van der Waals surface area (Å²) in [5.74, 6) is -0.986. The molecular weight excluding hydrogens is 255 g/mol. The van der Waals surface area contributed by atoms with Gasteiger partial charge in [-0.2, -0.15) is 4.39 Å². The van der Waals surface area contributed by atoms with Gasteiger partial charge in [0.05, 0.1) is 6.20 Å². The van der Waals surface area contributed by atoms with Crippen molar-refractivity contribution in [3.05, 3.63) is 32.9 Å². The summed E-state index contributed by atoms with van der Waals surface area (Å²) in [6.45, 7) is 7.30. The van der Waals surface area contributed by atoms with E-state index in [0.717, 1.165) is 23.2 Å². The first kappa shape index (κ1) is 14.8. The van der Waals surface area contributed by atoms with Gasteiger partial charge >= 0.3 is 5.69 Å². The summed E-state index contributed by atoms with van der Waals surface area (Å²) in [6, 6.07) is 1.14. The maximum absolute atomic E-state index is 12.9. The molecule has 0 fully saturated rings. The second-order valence-corrected chi connectivity index (χ2v) is 11.0. The number of rotatable bonds is 6. The van der Waals surface area contributed by atoms with Crippen LogP contribution in [0.25, 0.3) is 0 Å². The van der Waals surface area contributed by atoms with Crippen molar-refractivity contribution in [2.45, 2.75) is 38.8 Å². The Balaban J connectivity index is 2.43. The Kier molecular flexibility index (Phi) is 5.03. The normalized spacial score (nSPS) is 11.8. The number of aromatic amines is 1. The third-order valence-electron chi connectivity index (χ3n) is 2.41. The van der Waals surface area contributed by atoms with Crippen molar-refractivity contribution >= 4 is 8.07 Å². The van der Waals surface area contributed by atoms with Crippen molar-refractivity contribution in [3.8, 4) is 0 Å². The lowest BCUT2D eigenvalue weighted by Crippen LogP contribution is -2.32. The third-order valence-corrected chi connectivity index (χ3v) is 4.27. The van der Waals surface area contributed by atoms with Gasteiger partial charge in [-0.1, -0.05) is 25.7 Å². The van der Waals surface area contributed by atoms with E-state index in [1.165, 1.54) is 0 Å². The first-order valence-corrected chi connectivity index (χ1v) is 9.57. The van der Waals surface area contributed by atoms with Crippen molar-refractivity contribution in [1.82, 2.24) is 9.55 Å². The van der Waals surface area contributed by atoms with E-state index in [1.807, 2.05) is 4.98 Å². The standard InChI is InChI=1S/C11H19FN2O3Si/c1-18(2,3)6-4-5-17-8-14-7-9(12)10(15)13-11(14)16/h7H,4-6,8H2,1-3H3,(H,13,15,16). The average molecular weight is 274 g/mol. The van der Waals surface area contributed by atoms with Gasteiger partial charge in [0.1, 0.15) is 6.73 Å². The van der Waals surface area contributed by atoms with Crippen molar-refractivity contribution in [2.24, 2.45) is 0 Å². The number of H-pyrrole nitrogens is 1. The van der Waals surface area contributed by atoms with Gasteiger partial charge in [0, 0.05) is 14.7 Å². The molecule has 0 saturated carbocycles. The summed E-state index contributed by atoms with van der Waals surface area (Å²) in [5.41, 5.74) is -1.67. The summed E-state index contributed by atoms with van der Waals surface area (Å²) in [5, 5.41) is 0. The van der Waals surface area contributed by atoms with Crippen molar-refractivity contribution in [3.63, 3.8) is 0 Å². The van der Waals surface area contributed by atoms with Crippen LogP contribution in [-0.4, -0.2) is 24.2 Å². The molecule has 0 saturated heterocycles. The molecule has 0 atom stereocenters. The second kappa shape index (κ2) is 6.10. The van der Waals surface area contributed by atoms with E-state index in [2.05, 4.69) is 19.6 Å². The molecule has 0 aliphatic heterocycles. The lowest BCUT2D eigenvalue weighted by Gasteiger charge is -2.15. The summed E-state index contributed by atoms with van der Waals surface area (Å²) in [6.07, 6.45) is 1.79.